The van der Waals surface area contributed by atoms with Crippen molar-refractivity contribution in [2.24, 2.45) is 5.73 Å². The van der Waals surface area contributed by atoms with E-state index in [1.54, 1.807) is 7.05 Å². The number of carbonyl (C=O) groups excluding carboxylic acids is 1. The Morgan fingerprint density at radius 3 is 2.90 bits per heavy atom. The number of nitrogens with two attached hydrogens (primary N) is 1. The monoisotopic (exact) mass is 272 g/mol. The highest BCUT2D eigenvalue weighted by molar-refractivity contribution is 5.87. The van der Waals surface area contributed by atoms with E-state index in [1.807, 2.05) is 30.3 Å². The smallest absolute Gasteiger partial charge is 0.220 e. The van der Waals surface area contributed by atoms with Gasteiger partial charge in [-0.25, -0.2) is 0 Å². The van der Waals surface area contributed by atoms with E-state index in [0.717, 1.165) is 22.9 Å². The Labute approximate surface area is 118 Å². The van der Waals surface area contributed by atoms with Gasteiger partial charge in [0.15, 0.2) is 0 Å². The van der Waals surface area contributed by atoms with Crippen LogP contribution >= 0.6 is 0 Å². The molecule has 0 saturated carbocycles. The largest absolute Gasteiger partial charge is 0.492 e. The Bertz CT molecular complexity index is 596. The van der Waals surface area contributed by atoms with Crippen LogP contribution in [0.1, 0.15) is 12.0 Å². The van der Waals surface area contributed by atoms with Crippen LogP contribution in [0, 0.1) is 0 Å². The maximum Gasteiger partial charge on any atom is 0.220 e. The molecule has 0 aliphatic rings. The van der Waals surface area contributed by atoms with Gasteiger partial charge in [0.25, 0.3) is 0 Å². The molecule has 4 nitrogen and oxygen atoms in total. The highest BCUT2D eigenvalue weighted by Gasteiger charge is 2.05. The molecule has 0 unspecified atom stereocenters. The zero-order chi connectivity index (χ0) is 14.4. The Morgan fingerprint density at radius 1 is 1.30 bits per heavy atom. The highest BCUT2D eigenvalue weighted by atomic mass is 16.5. The van der Waals surface area contributed by atoms with E-state index in [0.29, 0.717) is 19.6 Å². The van der Waals surface area contributed by atoms with Gasteiger partial charge >= 0.3 is 0 Å². The van der Waals surface area contributed by atoms with Crippen LogP contribution in [-0.4, -0.2) is 26.1 Å². The molecule has 0 heterocycles. The van der Waals surface area contributed by atoms with Crippen LogP contribution in [-0.2, 0) is 11.2 Å². The molecule has 0 spiro atoms. The highest BCUT2D eigenvalue weighted by Crippen LogP contribution is 2.24. The zero-order valence-corrected chi connectivity index (χ0v) is 11.7. The second-order valence-electron chi connectivity index (χ2n) is 4.61. The van der Waals surface area contributed by atoms with Crippen molar-refractivity contribution in [2.75, 3.05) is 20.2 Å². The first-order valence-electron chi connectivity index (χ1n) is 6.79. The molecule has 4 heteroatoms. The predicted octanol–water partition coefficient (Wildman–Crippen LogP) is 1.86. The van der Waals surface area contributed by atoms with Crippen LogP contribution in [0.25, 0.3) is 10.8 Å². The van der Waals surface area contributed by atoms with Gasteiger partial charge in [0, 0.05) is 20.0 Å². The van der Waals surface area contributed by atoms with E-state index in [1.165, 1.54) is 5.56 Å². The van der Waals surface area contributed by atoms with Gasteiger partial charge in [0.2, 0.25) is 5.91 Å². The van der Waals surface area contributed by atoms with Gasteiger partial charge in [-0.2, -0.15) is 0 Å². The fourth-order valence-electron chi connectivity index (χ4n) is 2.19. The number of fused-ring (bicyclic) bond motifs is 1. The predicted molar refractivity (Wildman–Crippen MR) is 80.9 cm³/mol. The zero-order valence-electron chi connectivity index (χ0n) is 11.7. The first-order chi connectivity index (χ1) is 9.74. The van der Waals surface area contributed by atoms with Gasteiger partial charge in [0.05, 0.1) is 0 Å². The van der Waals surface area contributed by atoms with Crippen molar-refractivity contribution in [1.29, 1.82) is 0 Å². The van der Waals surface area contributed by atoms with Gasteiger partial charge < -0.3 is 15.8 Å². The molecule has 0 bridgehead atoms. The molecule has 1 amide bonds. The first kappa shape index (κ1) is 14.3. The van der Waals surface area contributed by atoms with E-state index >= 15 is 0 Å². The quantitative estimate of drug-likeness (QED) is 0.843. The summed E-state index contributed by atoms with van der Waals surface area (Å²) in [6.45, 7) is 1.02. The number of aryl methyl sites for hydroxylation is 1. The van der Waals surface area contributed by atoms with Crippen LogP contribution < -0.4 is 15.8 Å². The first-order valence-corrected chi connectivity index (χ1v) is 6.79. The summed E-state index contributed by atoms with van der Waals surface area (Å²) >= 11 is 0. The minimum absolute atomic E-state index is 0.0601. The average molecular weight is 272 g/mol. The Morgan fingerprint density at radius 2 is 2.15 bits per heavy atom. The molecular formula is C16H20N2O2. The summed E-state index contributed by atoms with van der Waals surface area (Å²) in [4.78, 5) is 11.4. The van der Waals surface area contributed by atoms with Crippen molar-refractivity contribution in [2.45, 2.75) is 12.8 Å². The Kier molecular flexibility index (Phi) is 4.96. The molecule has 3 N–H and O–H groups in total. The number of nitrogens with one attached hydrogen (secondary N) is 1. The minimum atomic E-state index is 0.0601. The molecule has 0 aliphatic heterocycles. The lowest BCUT2D eigenvalue weighted by atomic mass is 10.0. The topological polar surface area (TPSA) is 64.3 Å². The fourth-order valence-corrected chi connectivity index (χ4v) is 2.19. The number of rotatable bonds is 6. The normalized spacial score (nSPS) is 10.5. The minimum Gasteiger partial charge on any atom is -0.492 e. The van der Waals surface area contributed by atoms with Gasteiger partial charge in [-0.15, -0.1) is 0 Å². The molecule has 0 fully saturated rings. The summed E-state index contributed by atoms with van der Waals surface area (Å²) < 4.78 is 5.53. The number of hydrogen-bond donors (Lipinski definition) is 2. The van der Waals surface area contributed by atoms with Gasteiger partial charge in [-0.05, 0) is 34.9 Å². The molecule has 106 valence electrons. The Balaban J connectivity index is 2.21. The lowest BCUT2D eigenvalue weighted by molar-refractivity contribution is -0.120. The fraction of sp³-hybridized carbons (Fsp3) is 0.312. The molecule has 0 saturated heterocycles. The van der Waals surface area contributed by atoms with E-state index in [4.69, 9.17) is 10.5 Å². The Hall–Kier alpha value is -2.07. The molecule has 0 aromatic heterocycles. The third-order valence-electron chi connectivity index (χ3n) is 3.23. The number of ether oxygens (including phenoxy) is 1. The van der Waals surface area contributed by atoms with Crippen LogP contribution in [0.4, 0.5) is 0 Å². The summed E-state index contributed by atoms with van der Waals surface area (Å²) in [5.41, 5.74) is 6.61. The van der Waals surface area contributed by atoms with E-state index in [2.05, 4.69) is 11.4 Å². The second-order valence-corrected chi connectivity index (χ2v) is 4.61. The van der Waals surface area contributed by atoms with Crippen molar-refractivity contribution in [3.05, 3.63) is 42.0 Å². The lowest BCUT2D eigenvalue weighted by Crippen LogP contribution is -2.17. The number of hydrogen-bond acceptors (Lipinski definition) is 3. The van der Waals surface area contributed by atoms with Crippen LogP contribution in [0.5, 0.6) is 5.75 Å². The van der Waals surface area contributed by atoms with Gasteiger partial charge in [-0.3, -0.25) is 4.79 Å². The third-order valence-corrected chi connectivity index (χ3v) is 3.23. The molecule has 0 radical (unpaired) electrons. The summed E-state index contributed by atoms with van der Waals surface area (Å²) in [5, 5.41) is 4.93. The maximum absolute atomic E-state index is 11.4. The van der Waals surface area contributed by atoms with E-state index in [9.17, 15) is 4.79 Å². The van der Waals surface area contributed by atoms with Crippen molar-refractivity contribution in [3.63, 3.8) is 0 Å². The molecule has 20 heavy (non-hydrogen) atoms. The van der Waals surface area contributed by atoms with Crippen LogP contribution in [0.3, 0.4) is 0 Å². The van der Waals surface area contributed by atoms with E-state index in [-0.39, 0.29) is 5.91 Å². The molecule has 2 aromatic carbocycles. The third kappa shape index (κ3) is 3.48. The lowest BCUT2D eigenvalue weighted by Gasteiger charge is -2.09. The van der Waals surface area contributed by atoms with Gasteiger partial charge in [0.1, 0.15) is 12.4 Å². The second kappa shape index (κ2) is 6.91. The summed E-state index contributed by atoms with van der Waals surface area (Å²) in [7, 11) is 1.66. The summed E-state index contributed by atoms with van der Waals surface area (Å²) in [5.74, 6) is 0.885. The van der Waals surface area contributed by atoms with Crippen molar-refractivity contribution >= 4 is 16.7 Å². The SMILES string of the molecule is CNC(=O)CCc1cccc2cc(OCCN)ccc12. The van der Waals surface area contributed by atoms with Crippen molar-refractivity contribution in [1.82, 2.24) is 5.32 Å². The standard InChI is InChI=1S/C16H20N2O2/c1-18-16(19)8-5-12-3-2-4-13-11-14(20-10-9-17)6-7-15(12)13/h2-4,6-7,11H,5,8-10,17H2,1H3,(H,18,19). The van der Waals surface area contributed by atoms with Crippen molar-refractivity contribution in [3.8, 4) is 5.75 Å². The molecular weight excluding hydrogens is 252 g/mol. The molecule has 0 aliphatic carbocycles. The number of amides is 1. The number of benzene rings is 2. The van der Waals surface area contributed by atoms with Gasteiger partial charge in [-0.1, -0.05) is 24.3 Å². The van der Waals surface area contributed by atoms with Crippen LogP contribution in [0.2, 0.25) is 0 Å². The molecule has 0 atom stereocenters. The van der Waals surface area contributed by atoms with E-state index < -0.39 is 0 Å². The molecule has 2 aromatic rings. The summed E-state index contributed by atoms with van der Waals surface area (Å²) in [6, 6.07) is 12.1. The summed E-state index contributed by atoms with van der Waals surface area (Å²) in [6.07, 6.45) is 1.24. The average Bonchev–Trinajstić information content (AvgIpc) is 2.50. The van der Waals surface area contributed by atoms with Crippen LogP contribution in [0.15, 0.2) is 36.4 Å². The van der Waals surface area contributed by atoms with Crippen molar-refractivity contribution < 1.29 is 9.53 Å². The number of carbonyl (C=O) groups is 1. The molecule has 2 rings (SSSR count). The maximum atomic E-state index is 11.4.